The molecule has 0 aliphatic rings. The largest absolute Gasteiger partial charge is 0.451 e. The van der Waals surface area contributed by atoms with Gasteiger partial charge >= 0.3 is 6.18 Å². The standard InChI is InChI=1S/C18H9Cl3F3NO2/c19-12-3-1-9(7-11(12)18(22,23)24)15-5-6-16(27-15)17(26)25-10-2-4-13(20)14(21)8-10/h1-8H,(H,25,26). The third-order valence-electron chi connectivity index (χ3n) is 3.56. The predicted molar refractivity (Wildman–Crippen MR) is 98.6 cm³/mol. The first-order chi connectivity index (χ1) is 12.6. The molecule has 0 bridgehead atoms. The van der Waals surface area contributed by atoms with Crippen LogP contribution in [0, 0.1) is 0 Å². The molecule has 0 aliphatic heterocycles. The van der Waals surface area contributed by atoms with Crippen molar-refractivity contribution < 1.29 is 22.4 Å². The third-order valence-corrected chi connectivity index (χ3v) is 4.63. The molecule has 3 rings (SSSR count). The molecule has 0 spiro atoms. The van der Waals surface area contributed by atoms with Crippen LogP contribution in [0.4, 0.5) is 18.9 Å². The summed E-state index contributed by atoms with van der Waals surface area (Å²) in [7, 11) is 0. The van der Waals surface area contributed by atoms with E-state index in [9.17, 15) is 18.0 Å². The van der Waals surface area contributed by atoms with E-state index >= 15 is 0 Å². The maximum atomic E-state index is 13.0. The molecule has 9 heteroatoms. The van der Waals surface area contributed by atoms with E-state index in [2.05, 4.69) is 5.32 Å². The fourth-order valence-corrected chi connectivity index (χ4v) is 2.80. The van der Waals surface area contributed by atoms with Crippen LogP contribution < -0.4 is 5.32 Å². The topological polar surface area (TPSA) is 42.2 Å². The molecule has 0 saturated heterocycles. The van der Waals surface area contributed by atoms with Crippen molar-refractivity contribution in [2.45, 2.75) is 6.18 Å². The molecule has 1 N–H and O–H groups in total. The van der Waals surface area contributed by atoms with Crippen molar-refractivity contribution in [1.82, 2.24) is 0 Å². The summed E-state index contributed by atoms with van der Waals surface area (Å²) < 4.78 is 44.3. The number of anilines is 1. The molecule has 1 aromatic heterocycles. The van der Waals surface area contributed by atoms with E-state index in [4.69, 9.17) is 39.2 Å². The van der Waals surface area contributed by atoms with Crippen molar-refractivity contribution in [2.75, 3.05) is 5.32 Å². The summed E-state index contributed by atoms with van der Waals surface area (Å²) >= 11 is 17.3. The number of carbonyl (C=O) groups excluding carboxylic acids is 1. The van der Waals surface area contributed by atoms with E-state index in [0.29, 0.717) is 10.7 Å². The molecule has 0 unspecified atom stereocenters. The number of hydrogen-bond donors (Lipinski definition) is 1. The summed E-state index contributed by atoms with van der Waals surface area (Å²) in [5, 5.41) is 2.73. The van der Waals surface area contributed by atoms with E-state index < -0.39 is 22.7 Å². The molecule has 0 saturated carbocycles. The summed E-state index contributed by atoms with van der Waals surface area (Å²) in [6.45, 7) is 0. The van der Waals surface area contributed by atoms with Gasteiger partial charge in [-0.05, 0) is 48.5 Å². The monoisotopic (exact) mass is 433 g/mol. The second-order valence-corrected chi connectivity index (χ2v) is 6.66. The van der Waals surface area contributed by atoms with Crippen molar-refractivity contribution in [2.24, 2.45) is 0 Å². The van der Waals surface area contributed by atoms with Gasteiger partial charge in [0.1, 0.15) is 5.76 Å². The lowest BCUT2D eigenvalue weighted by molar-refractivity contribution is -0.137. The molecule has 2 aromatic carbocycles. The van der Waals surface area contributed by atoms with Crippen molar-refractivity contribution in [3.05, 3.63) is 74.9 Å². The van der Waals surface area contributed by atoms with Crippen LogP contribution in [0.25, 0.3) is 11.3 Å². The number of furan rings is 1. The van der Waals surface area contributed by atoms with Crippen LogP contribution >= 0.6 is 34.8 Å². The molecule has 140 valence electrons. The van der Waals surface area contributed by atoms with E-state index in [1.54, 1.807) is 6.07 Å². The average molecular weight is 435 g/mol. The van der Waals surface area contributed by atoms with Gasteiger partial charge in [0, 0.05) is 11.3 Å². The van der Waals surface area contributed by atoms with Gasteiger partial charge in [0.05, 0.1) is 20.6 Å². The zero-order chi connectivity index (χ0) is 19.8. The number of carbonyl (C=O) groups is 1. The number of amides is 1. The predicted octanol–water partition coefficient (Wildman–Crippen LogP) is 7.18. The number of hydrogen-bond acceptors (Lipinski definition) is 2. The molecule has 3 nitrogen and oxygen atoms in total. The van der Waals surface area contributed by atoms with E-state index in [0.717, 1.165) is 12.1 Å². The highest BCUT2D eigenvalue weighted by Gasteiger charge is 2.33. The van der Waals surface area contributed by atoms with E-state index in [1.165, 1.54) is 30.3 Å². The van der Waals surface area contributed by atoms with Crippen LogP contribution in [-0.2, 0) is 6.18 Å². The molecule has 1 amide bonds. The summed E-state index contributed by atoms with van der Waals surface area (Å²) in [5.74, 6) is -0.583. The Kier molecular flexibility index (Phi) is 5.42. The highest BCUT2D eigenvalue weighted by molar-refractivity contribution is 6.42. The van der Waals surface area contributed by atoms with Gasteiger partial charge in [-0.2, -0.15) is 13.2 Å². The van der Waals surface area contributed by atoms with Crippen LogP contribution in [0.15, 0.2) is 52.9 Å². The molecule has 3 aromatic rings. The van der Waals surface area contributed by atoms with E-state index in [1.807, 2.05) is 0 Å². The Balaban J connectivity index is 1.84. The summed E-state index contributed by atoms with van der Waals surface area (Å²) in [5.41, 5.74) is -0.460. The van der Waals surface area contributed by atoms with Crippen LogP contribution in [-0.4, -0.2) is 5.91 Å². The molecule has 27 heavy (non-hydrogen) atoms. The van der Waals surface area contributed by atoms with Crippen molar-refractivity contribution >= 4 is 46.4 Å². The lowest BCUT2D eigenvalue weighted by Crippen LogP contribution is -2.10. The molecular formula is C18H9Cl3F3NO2. The first kappa shape index (κ1) is 19.6. The van der Waals surface area contributed by atoms with Gasteiger partial charge in [-0.25, -0.2) is 0 Å². The van der Waals surface area contributed by atoms with Crippen LogP contribution in [0.3, 0.4) is 0 Å². The Morgan fingerprint density at radius 1 is 0.889 bits per heavy atom. The quantitative estimate of drug-likeness (QED) is 0.474. The highest BCUT2D eigenvalue weighted by Crippen LogP contribution is 2.37. The molecule has 1 heterocycles. The summed E-state index contributed by atoms with van der Waals surface area (Å²) in [6.07, 6.45) is -4.60. The van der Waals surface area contributed by atoms with Crippen molar-refractivity contribution in [1.29, 1.82) is 0 Å². The van der Waals surface area contributed by atoms with Crippen molar-refractivity contribution in [3.8, 4) is 11.3 Å². The highest BCUT2D eigenvalue weighted by atomic mass is 35.5. The number of halogens is 6. The normalized spacial score (nSPS) is 11.5. The van der Waals surface area contributed by atoms with Gasteiger partial charge in [0.15, 0.2) is 5.76 Å². The minimum atomic E-state index is -4.60. The Bertz CT molecular complexity index is 1020. The molecular weight excluding hydrogens is 426 g/mol. The van der Waals surface area contributed by atoms with E-state index in [-0.39, 0.29) is 22.1 Å². The van der Waals surface area contributed by atoms with Crippen LogP contribution in [0.2, 0.25) is 15.1 Å². The Labute approximate surface area is 166 Å². The summed E-state index contributed by atoms with van der Waals surface area (Å²) in [6, 6.07) is 10.6. The fourth-order valence-electron chi connectivity index (χ4n) is 2.28. The first-order valence-electron chi connectivity index (χ1n) is 7.38. The van der Waals surface area contributed by atoms with Crippen LogP contribution in [0.1, 0.15) is 16.1 Å². The number of rotatable bonds is 3. The number of alkyl halides is 3. The van der Waals surface area contributed by atoms with Crippen LogP contribution in [0.5, 0.6) is 0 Å². The number of nitrogens with one attached hydrogen (secondary N) is 1. The average Bonchev–Trinajstić information content (AvgIpc) is 3.08. The van der Waals surface area contributed by atoms with Gasteiger partial charge in [-0.15, -0.1) is 0 Å². The minimum absolute atomic E-state index is 0.0837. The maximum absolute atomic E-state index is 13.0. The fraction of sp³-hybridized carbons (Fsp3) is 0.0556. The third kappa shape index (κ3) is 4.40. The zero-order valence-corrected chi connectivity index (χ0v) is 15.5. The molecule has 0 fully saturated rings. The van der Waals surface area contributed by atoms with Gasteiger partial charge < -0.3 is 9.73 Å². The van der Waals surface area contributed by atoms with Gasteiger partial charge in [0.25, 0.3) is 5.91 Å². The number of benzene rings is 2. The Morgan fingerprint density at radius 3 is 2.26 bits per heavy atom. The molecule has 0 radical (unpaired) electrons. The first-order valence-corrected chi connectivity index (χ1v) is 8.52. The second kappa shape index (κ2) is 7.46. The van der Waals surface area contributed by atoms with Gasteiger partial charge in [-0.3, -0.25) is 4.79 Å². The second-order valence-electron chi connectivity index (χ2n) is 5.44. The van der Waals surface area contributed by atoms with Gasteiger partial charge in [-0.1, -0.05) is 34.8 Å². The SMILES string of the molecule is O=C(Nc1ccc(Cl)c(Cl)c1)c1ccc(-c2ccc(Cl)c(C(F)(F)F)c2)o1. The van der Waals surface area contributed by atoms with Gasteiger partial charge in [0.2, 0.25) is 0 Å². The molecule has 0 atom stereocenters. The Hall–Kier alpha value is -2.15. The summed E-state index contributed by atoms with van der Waals surface area (Å²) in [4.78, 5) is 12.3. The lowest BCUT2D eigenvalue weighted by atomic mass is 10.1. The zero-order valence-electron chi connectivity index (χ0n) is 13.2. The van der Waals surface area contributed by atoms with Crippen molar-refractivity contribution in [3.63, 3.8) is 0 Å². The molecule has 0 aliphatic carbocycles. The Morgan fingerprint density at radius 2 is 1.59 bits per heavy atom. The maximum Gasteiger partial charge on any atom is 0.417 e. The minimum Gasteiger partial charge on any atom is -0.451 e. The smallest absolute Gasteiger partial charge is 0.417 e. The lowest BCUT2D eigenvalue weighted by Gasteiger charge is -2.10.